The van der Waals surface area contributed by atoms with E-state index in [1.165, 1.54) is 0 Å². The molecule has 0 aromatic heterocycles. The normalized spacial score (nSPS) is 16.8. The number of ether oxygens (including phenoxy) is 2. The van der Waals surface area contributed by atoms with Gasteiger partial charge in [0.25, 0.3) is 5.91 Å². The molecule has 1 atom stereocenters. The van der Waals surface area contributed by atoms with Crippen LogP contribution in [0.1, 0.15) is 31.7 Å². The van der Waals surface area contributed by atoms with Crippen LogP contribution in [0.4, 0.5) is 0 Å². The van der Waals surface area contributed by atoms with E-state index in [0.29, 0.717) is 12.5 Å². The van der Waals surface area contributed by atoms with Crippen LogP contribution in [-0.2, 0) is 9.53 Å². The number of rotatable bonds is 8. The van der Waals surface area contributed by atoms with Crippen LogP contribution in [0, 0.1) is 0 Å². The number of nitrogens with one attached hydrogen (secondary N) is 1. The first-order valence-electron chi connectivity index (χ1n) is 8.49. The molecule has 1 aromatic rings. The molecule has 5 heteroatoms. The molecule has 1 aromatic carbocycles. The van der Waals surface area contributed by atoms with Gasteiger partial charge in [0.15, 0.2) is 6.61 Å². The van der Waals surface area contributed by atoms with Crippen LogP contribution in [0.2, 0.25) is 0 Å². The lowest BCUT2D eigenvalue weighted by Crippen LogP contribution is -2.42. The summed E-state index contributed by atoms with van der Waals surface area (Å²) in [6.45, 7) is 9.34. The van der Waals surface area contributed by atoms with Crippen molar-refractivity contribution < 1.29 is 14.3 Å². The van der Waals surface area contributed by atoms with Crippen LogP contribution in [0.5, 0.6) is 5.75 Å². The van der Waals surface area contributed by atoms with Crippen molar-refractivity contribution in [3.63, 3.8) is 0 Å². The van der Waals surface area contributed by atoms with Gasteiger partial charge in [0.2, 0.25) is 0 Å². The maximum atomic E-state index is 11.9. The second kappa shape index (κ2) is 9.53. The highest BCUT2D eigenvalue weighted by Gasteiger charge is 2.12. The molecule has 5 nitrogen and oxygen atoms in total. The molecule has 1 fully saturated rings. The van der Waals surface area contributed by atoms with Gasteiger partial charge >= 0.3 is 0 Å². The Morgan fingerprint density at radius 3 is 2.83 bits per heavy atom. The molecule has 1 aliphatic rings. The van der Waals surface area contributed by atoms with Gasteiger partial charge in [-0.3, -0.25) is 9.69 Å². The van der Waals surface area contributed by atoms with Gasteiger partial charge in [-0.2, -0.15) is 0 Å². The van der Waals surface area contributed by atoms with Crippen LogP contribution in [0.3, 0.4) is 0 Å². The fraction of sp³-hybridized carbons (Fsp3) is 0.611. The number of carbonyl (C=O) groups excluding carboxylic acids is 1. The van der Waals surface area contributed by atoms with Gasteiger partial charge in [-0.25, -0.2) is 0 Å². The van der Waals surface area contributed by atoms with Crippen molar-refractivity contribution in [2.24, 2.45) is 0 Å². The van der Waals surface area contributed by atoms with Crippen LogP contribution in [0.25, 0.3) is 0 Å². The van der Waals surface area contributed by atoms with E-state index < -0.39 is 0 Å². The number of nitrogens with zero attached hydrogens (tertiary/aromatic N) is 1. The third kappa shape index (κ3) is 5.84. The van der Waals surface area contributed by atoms with Crippen LogP contribution in [-0.4, -0.2) is 56.8 Å². The molecule has 1 unspecified atom stereocenters. The zero-order chi connectivity index (χ0) is 16.5. The van der Waals surface area contributed by atoms with Gasteiger partial charge in [-0.05, 0) is 24.0 Å². The Balaban J connectivity index is 1.72. The van der Waals surface area contributed by atoms with Crippen LogP contribution in [0.15, 0.2) is 24.3 Å². The summed E-state index contributed by atoms with van der Waals surface area (Å²) in [5, 5.41) is 2.92. The third-order valence-corrected chi connectivity index (χ3v) is 4.27. The molecule has 1 heterocycles. The predicted molar refractivity (Wildman–Crippen MR) is 90.9 cm³/mol. The van der Waals surface area contributed by atoms with E-state index in [2.05, 4.69) is 30.1 Å². The summed E-state index contributed by atoms with van der Waals surface area (Å²) >= 11 is 0. The Hall–Kier alpha value is -1.59. The second-order valence-electron chi connectivity index (χ2n) is 5.94. The molecule has 2 rings (SSSR count). The van der Waals surface area contributed by atoms with E-state index >= 15 is 0 Å². The van der Waals surface area contributed by atoms with Gasteiger partial charge in [0.1, 0.15) is 5.75 Å². The maximum absolute atomic E-state index is 11.9. The number of carbonyl (C=O) groups is 1. The summed E-state index contributed by atoms with van der Waals surface area (Å²) in [5.41, 5.74) is 1.16. The minimum atomic E-state index is -0.0720. The zero-order valence-electron chi connectivity index (χ0n) is 14.2. The van der Waals surface area contributed by atoms with Crippen molar-refractivity contribution in [1.29, 1.82) is 0 Å². The van der Waals surface area contributed by atoms with Gasteiger partial charge in [0, 0.05) is 26.2 Å². The summed E-state index contributed by atoms with van der Waals surface area (Å²) in [4.78, 5) is 14.2. The fourth-order valence-electron chi connectivity index (χ4n) is 2.61. The summed E-state index contributed by atoms with van der Waals surface area (Å²) in [5.74, 6) is 1.16. The van der Waals surface area contributed by atoms with Crippen molar-refractivity contribution in [3.05, 3.63) is 29.8 Å². The van der Waals surface area contributed by atoms with Gasteiger partial charge < -0.3 is 14.8 Å². The average molecular weight is 320 g/mol. The minimum Gasteiger partial charge on any atom is -0.483 e. The molecule has 23 heavy (non-hydrogen) atoms. The Kier molecular flexibility index (Phi) is 7.36. The second-order valence-corrected chi connectivity index (χ2v) is 5.94. The highest BCUT2D eigenvalue weighted by atomic mass is 16.5. The summed E-state index contributed by atoms with van der Waals surface area (Å²) in [7, 11) is 0. The van der Waals surface area contributed by atoms with E-state index in [9.17, 15) is 4.79 Å². The summed E-state index contributed by atoms with van der Waals surface area (Å²) in [6.07, 6.45) is 1.05. The van der Waals surface area contributed by atoms with Gasteiger partial charge in [-0.15, -0.1) is 0 Å². The molecule has 0 aliphatic carbocycles. The lowest BCUT2D eigenvalue weighted by molar-refractivity contribution is -0.123. The predicted octanol–water partition coefficient (Wildman–Crippen LogP) is 2.03. The first kappa shape index (κ1) is 17.8. The lowest BCUT2D eigenvalue weighted by atomic mass is 9.98. The van der Waals surface area contributed by atoms with Crippen molar-refractivity contribution in [2.75, 3.05) is 46.0 Å². The van der Waals surface area contributed by atoms with Crippen LogP contribution < -0.4 is 10.1 Å². The molecular weight excluding hydrogens is 292 g/mol. The molecular formula is C18H28N2O3. The first-order valence-corrected chi connectivity index (χ1v) is 8.49. The number of hydrogen-bond donors (Lipinski definition) is 1. The van der Waals surface area contributed by atoms with Crippen molar-refractivity contribution in [1.82, 2.24) is 10.2 Å². The van der Waals surface area contributed by atoms with Crippen molar-refractivity contribution in [2.45, 2.75) is 26.2 Å². The lowest BCUT2D eigenvalue weighted by Gasteiger charge is -2.26. The number of morpholine rings is 1. The van der Waals surface area contributed by atoms with E-state index in [0.717, 1.165) is 50.6 Å². The van der Waals surface area contributed by atoms with Gasteiger partial charge in [0.05, 0.1) is 13.2 Å². The van der Waals surface area contributed by atoms with Gasteiger partial charge in [-0.1, -0.05) is 32.0 Å². The third-order valence-electron chi connectivity index (χ3n) is 4.27. The number of amides is 1. The molecule has 1 saturated heterocycles. The Labute approximate surface area is 139 Å². The van der Waals surface area contributed by atoms with E-state index in [-0.39, 0.29) is 12.5 Å². The Morgan fingerprint density at radius 1 is 1.35 bits per heavy atom. The molecule has 0 spiro atoms. The molecule has 0 saturated carbocycles. The first-order chi connectivity index (χ1) is 11.2. The highest BCUT2D eigenvalue weighted by Crippen LogP contribution is 2.28. The molecule has 1 amide bonds. The fourth-order valence-corrected chi connectivity index (χ4v) is 2.61. The van der Waals surface area contributed by atoms with E-state index in [1.807, 2.05) is 18.2 Å². The quantitative estimate of drug-likeness (QED) is 0.796. The van der Waals surface area contributed by atoms with E-state index in [1.54, 1.807) is 0 Å². The highest BCUT2D eigenvalue weighted by molar-refractivity contribution is 5.77. The minimum absolute atomic E-state index is 0.0660. The van der Waals surface area contributed by atoms with Crippen molar-refractivity contribution >= 4 is 5.91 Å². The monoisotopic (exact) mass is 320 g/mol. The van der Waals surface area contributed by atoms with Crippen LogP contribution >= 0.6 is 0 Å². The average Bonchev–Trinajstić information content (AvgIpc) is 2.60. The SMILES string of the molecule is CCC(C)c1ccccc1OCC(=O)NCCN1CCOCC1. The zero-order valence-corrected chi connectivity index (χ0v) is 14.2. The summed E-state index contributed by atoms with van der Waals surface area (Å²) in [6, 6.07) is 7.95. The topological polar surface area (TPSA) is 50.8 Å². The smallest absolute Gasteiger partial charge is 0.257 e. The number of para-hydroxylation sites is 1. The molecule has 1 aliphatic heterocycles. The number of benzene rings is 1. The Bertz CT molecular complexity index is 487. The largest absolute Gasteiger partial charge is 0.483 e. The molecule has 1 N–H and O–H groups in total. The van der Waals surface area contributed by atoms with E-state index in [4.69, 9.17) is 9.47 Å². The molecule has 0 bridgehead atoms. The van der Waals surface area contributed by atoms with Crippen molar-refractivity contribution in [3.8, 4) is 5.75 Å². The molecule has 128 valence electrons. The summed E-state index contributed by atoms with van der Waals surface area (Å²) < 4.78 is 11.0. The Morgan fingerprint density at radius 2 is 2.09 bits per heavy atom. The standard InChI is InChI=1S/C18H28N2O3/c1-3-15(2)16-6-4-5-7-17(16)23-14-18(21)19-8-9-20-10-12-22-13-11-20/h4-7,15H,3,8-14H2,1-2H3,(H,19,21). The number of hydrogen-bond acceptors (Lipinski definition) is 4. The molecule has 0 radical (unpaired) electrons. The maximum Gasteiger partial charge on any atom is 0.257 e.